The van der Waals surface area contributed by atoms with Crippen LogP contribution in [-0.2, 0) is 16.0 Å². The highest BCUT2D eigenvalue weighted by atomic mass is 35.5. The minimum absolute atomic E-state index is 0. The number of primary amides is 1. The Hall–Kier alpha value is -1.11. The first-order chi connectivity index (χ1) is 7.59. The lowest BCUT2D eigenvalue weighted by molar-refractivity contribution is -0.126. The van der Waals surface area contributed by atoms with E-state index in [1.54, 1.807) is 11.3 Å². The number of thiophene rings is 1. The standard InChI is InChI=1S/C10H15N3O2S.ClH/c11-8(5-9(12)14)10(15)13-3-1-7-2-4-16-6-7;/h2,4,6,8H,1,3,5,11H2,(H2,12,14)(H,13,15);1H. The lowest BCUT2D eigenvalue weighted by Gasteiger charge is -2.09. The van der Waals surface area contributed by atoms with Gasteiger partial charge < -0.3 is 16.8 Å². The van der Waals surface area contributed by atoms with Crippen LogP contribution in [0.3, 0.4) is 0 Å². The molecule has 96 valence electrons. The number of hydrogen-bond donors (Lipinski definition) is 3. The Morgan fingerprint density at radius 1 is 1.47 bits per heavy atom. The second kappa shape index (κ2) is 8.05. The average Bonchev–Trinajstić information content (AvgIpc) is 2.69. The molecule has 0 fully saturated rings. The topological polar surface area (TPSA) is 98.2 Å². The number of hydrogen-bond acceptors (Lipinski definition) is 4. The van der Waals surface area contributed by atoms with Gasteiger partial charge in [-0.15, -0.1) is 12.4 Å². The molecule has 5 nitrogen and oxygen atoms in total. The molecule has 2 amide bonds. The molecule has 1 aromatic heterocycles. The number of halogens is 1. The summed E-state index contributed by atoms with van der Waals surface area (Å²) in [6, 6.07) is 1.15. The van der Waals surface area contributed by atoms with Crippen LogP contribution < -0.4 is 16.8 Å². The van der Waals surface area contributed by atoms with Gasteiger partial charge in [0.15, 0.2) is 0 Å². The zero-order valence-electron chi connectivity index (χ0n) is 9.22. The fourth-order valence-corrected chi connectivity index (χ4v) is 1.91. The molecule has 1 unspecified atom stereocenters. The quantitative estimate of drug-likeness (QED) is 0.684. The molecule has 0 radical (unpaired) electrons. The smallest absolute Gasteiger partial charge is 0.237 e. The highest BCUT2D eigenvalue weighted by Gasteiger charge is 2.14. The van der Waals surface area contributed by atoms with Crippen molar-refractivity contribution in [3.05, 3.63) is 22.4 Å². The van der Waals surface area contributed by atoms with Crippen LogP contribution in [-0.4, -0.2) is 24.4 Å². The summed E-state index contributed by atoms with van der Waals surface area (Å²) >= 11 is 1.61. The van der Waals surface area contributed by atoms with Crippen LogP contribution in [0.15, 0.2) is 16.8 Å². The van der Waals surface area contributed by atoms with E-state index >= 15 is 0 Å². The largest absolute Gasteiger partial charge is 0.370 e. The van der Waals surface area contributed by atoms with Crippen LogP contribution in [0.25, 0.3) is 0 Å². The second-order valence-corrected chi connectivity index (χ2v) is 4.23. The van der Waals surface area contributed by atoms with E-state index in [4.69, 9.17) is 11.5 Å². The first kappa shape index (κ1) is 15.9. The average molecular weight is 278 g/mol. The summed E-state index contributed by atoms with van der Waals surface area (Å²) in [7, 11) is 0. The number of nitrogens with two attached hydrogens (primary N) is 2. The van der Waals surface area contributed by atoms with Gasteiger partial charge in [0.1, 0.15) is 0 Å². The maximum absolute atomic E-state index is 11.4. The van der Waals surface area contributed by atoms with Crippen molar-refractivity contribution in [3.8, 4) is 0 Å². The molecule has 0 aliphatic rings. The Morgan fingerprint density at radius 2 is 2.18 bits per heavy atom. The van der Waals surface area contributed by atoms with E-state index in [1.165, 1.54) is 5.56 Å². The molecule has 0 aliphatic heterocycles. The van der Waals surface area contributed by atoms with Gasteiger partial charge in [0.2, 0.25) is 11.8 Å². The highest BCUT2D eigenvalue weighted by molar-refractivity contribution is 7.07. The van der Waals surface area contributed by atoms with Crippen molar-refractivity contribution >= 4 is 35.6 Å². The molecule has 1 atom stereocenters. The van der Waals surface area contributed by atoms with E-state index in [0.29, 0.717) is 6.54 Å². The molecular weight excluding hydrogens is 262 g/mol. The van der Waals surface area contributed by atoms with E-state index in [0.717, 1.165) is 6.42 Å². The van der Waals surface area contributed by atoms with Crippen LogP contribution in [0.5, 0.6) is 0 Å². The monoisotopic (exact) mass is 277 g/mol. The Kier molecular flexibility index (Phi) is 7.53. The molecule has 0 aromatic carbocycles. The van der Waals surface area contributed by atoms with Gasteiger partial charge in [-0.2, -0.15) is 11.3 Å². The summed E-state index contributed by atoms with van der Waals surface area (Å²) in [6.07, 6.45) is 0.642. The number of rotatable bonds is 6. The molecule has 1 rings (SSSR count). The van der Waals surface area contributed by atoms with Crippen molar-refractivity contribution in [2.75, 3.05) is 6.54 Å². The molecule has 0 bridgehead atoms. The predicted octanol–water partition coefficient (Wildman–Crippen LogP) is 0.0313. The predicted molar refractivity (Wildman–Crippen MR) is 70.1 cm³/mol. The highest BCUT2D eigenvalue weighted by Crippen LogP contribution is 2.05. The van der Waals surface area contributed by atoms with Gasteiger partial charge in [-0.05, 0) is 28.8 Å². The summed E-state index contributed by atoms with van der Waals surface area (Å²) in [4.78, 5) is 21.9. The van der Waals surface area contributed by atoms with Gasteiger partial charge in [0.05, 0.1) is 12.5 Å². The van der Waals surface area contributed by atoms with Crippen molar-refractivity contribution in [3.63, 3.8) is 0 Å². The summed E-state index contributed by atoms with van der Waals surface area (Å²) in [6.45, 7) is 0.516. The van der Waals surface area contributed by atoms with E-state index in [1.807, 2.05) is 16.8 Å². The van der Waals surface area contributed by atoms with Gasteiger partial charge in [0, 0.05) is 6.54 Å². The van der Waals surface area contributed by atoms with Crippen LogP contribution in [0.2, 0.25) is 0 Å². The number of amides is 2. The summed E-state index contributed by atoms with van der Waals surface area (Å²) in [5.74, 6) is -0.908. The zero-order valence-corrected chi connectivity index (χ0v) is 10.9. The first-order valence-electron chi connectivity index (χ1n) is 4.92. The minimum Gasteiger partial charge on any atom is -0.370 e. The Balaban J connectivity index is 0.00000256. The van der Waals surface area contributed by atoms with E-state index in [-0.39, 0.29) is 24.7 Å². The third kappa shape index (κ3) is 6.25. The fraction of sp³-hybridized carbons (Fsp3) is 0.400. The molecule has 7 heteroatoms. The number of carbonyl (C=O) groups excluding carboxylic acids is 2. The molecule has 17 heavy (non-hydrogen) atoms. The zero-order chi connectivity index (χ0) is 12.0. The molecule has 1 heterocycles. The second-order valence-electron chi connectivity index (χ2n) is 3.45. The lowest BCUT2D eigenvalue weighted by Crippen LogP contribution is -2.43. The SMILES string of the molecule is Cl.NC(=O)CC(N)C(=O)NCCc1ccsc1. The van der Waals surface area contributed by atoms with E-state index in [2.05, 4.69) is 5.32 Å². The van der Waals surface area contributed by atoms with Gasteiger partial charge in [-0.3, -0.25) is 9.59 Å². The van der Waals surface area contributed by atoms with Crippen molar-refractivity contribution in [1.82, 2.24) is 5.32 Å². The number of nitrogens with one attached hydrogen (secondary N) is 1. The Labute approximate surface area is 110 Å². The third-order valence-corrected chi connectivity index (χ3v) is 2.78. The van der Waals surface area contributed by atoms with Crippen molar-refractivity contribution in [1.29, 1.82) is 0 Å². The fourth-order valence-electron chi connectivity index (χ4n) is 1.21. The summed E-state index contributed by atoms with van der Waals surface area (Å²) < 4.78 is 0. The molecule has 0 saturated heterocycles. The first-order valence-corrected chi connectivity index (χ1v) is 5.86. The molecule has 0 spiro atoms. The van der Waals surface area contributed by atoms with Crippen molar-refractivity contribution in [2.24, 2.45) is 11.5 Å². The Morgan fingerprint density at radius 3 is 2.71 bits per heavy atom. The molecule has 5 N–H and O–H groups in total. The van der Waals surface area contributed by atoms with E-state index in [9.17, 15) is 9.59 Å². The molecule has 0 aliphatic carbocycles. The van der Waals surface area contributed by atoms with Gasteiger partial charge in [-0.25, -0.2) is 0 Å². The molecular formula is C10H16ClN3O2S. The van der Waals surface area contributed by atoms with Crippen LogP contribution in [0, 0.1) is 0 Å². The normalized spacial score (nSPS) is 11.4. The van der Waals surface area contributed by atoms with Crippen molar-refractivity contribution in [2.45, 2.75) is 18.9 Å². The summed E-state index contributed by atoms with van der Waals surface area (Å²) in [5.41, 5.74) is 11.6. The van der Waals surface area contributed by atoms with Crippen molar-refractivity contribution < 1.29 is 9.59 Å². The van der Waals surface area contributed by atoms with Crippen LogP contribution in [0.1, 0.15) is 12.0 Å². The third-order valence-electron chi connectivity index (χ3n) is 2.05. The maximum Gasteiger partial charge on any atom is 0.237 e. The maximum atomic E-state index is 11.4. The minimum atomic E-state index is -0.847. The Bertz CT molecular complexity index is 356. The van der Waals surface area contributed by atoms with Gasteiger partial charge >= 0.3 is 0 Å². The van der Waals surface area contributed by atoms with Gasteiger partial charge in [0.25, 0.3) is 0 Å². The molecule has 0 saturated carbocycles. The lowest BCUT2D eigenvalue weighted by atomic mass is 10.2. The summed E-state index contributed by atoms with van der Waals surface area (Å²) in [5, 5.41) is 6.66. The van der Waals surface area contributed by atoms with Crippen LogP contribution in [0.4, 0.5) is 0 Å². The number of carbonyl (C=O) groups is 2. The van der Waals surface area contributed by atoms with E-state index < -0.39 is 11.9 Å². The van der Waals surface area contributed by atoms with Crippen LogP contribution >= 0.6 is 23.7 Å². The van der Waals surface area contributed by atoms with Gasteiger partial charge in [-0.1, -0.05) is 0 Å². The molecule has 1 aromatic rings.